The van der Waals surface area contributed by atoms with Crippen molar-refractivity contribution in [1.82, 2.24) is 4.98 Å². The van der Waals surface area contributed by atoms with Crippen molar-refractivity contribution in [2.75, 3.05) is 17.2 Å². The minimum atomic E-state index is -0.584. The van der Waals surface area contributed by atoms with Crippen LogP contribution in [-0.2, 0) is 4.79 Å². The number of rotatable bonds is 8. The van der Waals surface area contributed by atoms with Crippen LogP contribution in [0.3, 0.4) is 0 Å². The van der Waals surface area contributed by atoms with Gasteiger partial charge < -0.3 is 15.4 Å². The van der Waals surface area contributed by atoms with Gasteiger partial charge in [0.1, 0.15) is 0 Å². The second kappa shape index (κ2) is 9.31. The first kappa shape index (κ1) is 21.2. The van der Waals surface area contributed by atoms with E-state index in [1.807, 2.05) is 6.92 Å². The molecule has 1 heterocycles. The number of ether oxygens (including phenoxy) is 1. The highest BCUT2D eigenvalue weighted by molar-refractivity contribution is 7.22. The van der Waals surface area contributed by atoms with Gasteiger partial charge in [-0.2, -0.15) is 0 Å². The summed E-state index contributed by atoms with van der Waals surface area (Å²) < 4.78 is 6.02. The van der Waals surface area contributed by atoms with Crippen LogP contribution in [0.15, 0.2) is 36.4 Å². The molecule has 0 radical (unpaired) electrons. The molecule has 0 fully saturated rings. The number of fused-ring (bicyclic) bond motifs is 1. The maximum absolute atomic E-state index is 12.6. The average Bonchev–Trinajstić information content (AvgIpc) is 3.09. The zero-order valence-electron chi connectivity index (χ0n) is 16.4. The molecule has 0 aliphatic carbocycles. The molecule has 2 N–H and O–H groups in total. The zero-order valence-corrected chi connectivity index (χ0v) is 17.2. The van der Waals surface area contributed by atoms with Gasteiger partial charge in [0.25, 0.3) is 5.91 Å². The SMILES string of the molecule is CCCC(=O)Nc1nc2ccc(NC(=O)c3ccc(OCC)c([N+](=O)[O-])c3)cc2s1. The van der Waals surface area contributed by atoms with E-state index in [2.05, 4.69) is 15.6 Å². The Hall–Kier alpha value is -3.53. The molecule has 0 bridgehead atoms. The summed E-state index contributed by atoms with van der Waals surface area (Å²) in [5.41, 5.74) is 1.08. The Morgan fingerprint density at radius 3 is 2.67 bits per heavy atom. The number of nitrogens with zero attached hydrogens (tertiary/aromatic N) is 2. The Bertz CT molecular complexity index is 1110. The molecule has 10 heteroatoms. The molecule has 1 aromatic heterocycles. The highest BCUT2D eigenvalue weighted by Crippen LogP contribution is 2.30. The van der Waals surface area contributed by atoms with Gasteiger partial charge in [-0.15, -0.1) is 0 Å². The summed E-state index contributed by atoms with van der Waals surface area (Å²) in [6, 6.07) is 9.22. The van der Waals surface area contributed by atoms with Crippen molar-refractivity contribution in [2.45, 2.75) is 26.7 Å². The standard InChI is InChI=1S/C20H20N4O5S/c1-3-5-18(25)23-20-22-14-8-7-13(11-17(14)30-20)21-19(26)12-6-9-16(29-4-2)15(10-12)24(27)28/h6-11H,3-5H2,1-2H3,(H,21,26)(H,22,23,25). The Kier molecular flexibility index (Phi) is 6.58. The van der Waals surface area contributed by atoms with Gasteiger partial charge in [-0.25, -0.2) is 4.98 Å². The monoisotopic (exact) mass is 428 g/mol. The number of anilines is 2. The summed E-state index contributed by atoms with van der Waals surface area (Å²) in [4.78, 5) is 39.3. The molecule has 9 nitrogen and oxygen atoms in total. The largest absolute Gasteiger partial charge is 0.487 e. The fraction of sp³-hybridized carbons (Fsp3) is 0.250. The number of hydrogen-bond donors (Lipinski definition) is 2. The highest BCUT2D eigenvalue weighted by atomic mass is 32.1. The zero-order chi connectivity index (χ0) is 21.7. The molecule has 0 saturated heterocycles. The van der Waals surface area contributed by atoms with Gasteiger partial charge in [0.05, 0.1) is 21.7 Å². The molecular weight excluding hydrogens is 408 g/mol. The fourth-order valence-electron chi connectivity index (χ4n) is 2.75. The van der Waals surface area contributed by atoms with E-state index in [-0.39, 0.29) is 29.5 Å². The summed E-state index contributed by atoms with van der Waals surface area (Å²) in [5.74, 6) is -0.466. The first-order chi connectivity index (χ1) is 14.4. The van der Waals surface area contributed by atoms with Crippen LogP contribution in [0.1, 0.15) is 37.0 Å². The van der Waals surface area contributed by atoms with Gasteiger partial charge in [-0.05, 0) is 43.7 Å². The van der Waals surface area contributed by atoms with Crippen LogP contribution in [-0.4, -0.2) is 28.3 Å². The lowest BCUT2D eigenvalue weighted by atomic mass is 10.1. The lowest BCUT2D eigenvalue weighted by molar-refractivity contribution is -0.385. The van der Waals surface area contributed by atoms with E-state index in [0.29, 0.717) is 22.8 Å². The molecule has 0 aliphatic heterocycles. The van der Waals surface area contributed by atoms with Crippen LogP contribution in [0.5, 0.6) is 5.75 Å². The number of aromatic nitrogens is 1. The molecule has 156 valence electrons. The van der Waals surface area contributed by atoms with Crippen LogP contribution >= 0.6 is 11.3 Å². The van der Waals surface area contributed by atoms with Crippen LogP contribution < -0.4 is 15.4 Å². The smallest absolute Gasteiger partial charge is 0.311 e. The Labute approximate surface area is 176 Å². The van der Waals surface area contributed by atoms with Gasteiger partial charge >= 0.3 is 5.69 Å². The van der Waals surface area contributed by atoms with Gasteiger partial charge in [-0.3, -0.25) is 19.7 Å². The van der Waals surface area contributed by atoms with Crippen LogP contribution in [0.25, 0.3) is 10.2 Å². The Morgan fingerprint density at radius 1 is 1.17 bits per heavy atom. The first-order valence-electron chi connectivity index (χ1n) is 9.34. The van der Waals surface area contributed by atoms with Crippen molar-refractivity contribution in [3.05, 3.63) is 52.1 Å². The van der Waals surface area contributed by atoms with Gasteiger partial charge in [-0.1, -0.05) is 18.3 Å². The highest BCUT2D eigenvalue weighted by Gasteiger charge is 2.19. The summed E-state index contributed by atoms with van der Waals surface area (Å²) in [5, 5.41) is 17.2. The summed E-state index contributed by atoms with van der Waals surface area (Å²) in [6.07, 6.45) is 1.17. The van der Waals surface area contributed by atoms with Crippen LogP contribution in [0, 0.1) is 10.1 Å². The van der Waals surface area contributed by atoms with Crippen molar-refractivity contribution < 1.29 is 19.2 Å². The third kappa shape index (κ3) is 4.90. The number of thiazole rings is 1. The van der Waals surface area contributed by atoms with Crippen molar-refractivity contribution >= 4 is 49.9 Å². The molecule has 0 atom stereocenters. The van der Waals surface area contributed by atoms with Gasteiger partial charge in [0, 0.05) is 23.7 Å². The molecule has 3 rings (SSSR count). The molecular formula is C20H20N4O5S. The third-order valence-corrected chi connectivity index (χ3v) is 5.02. The van der Waals surface area contributed by atoms with Gasteiger partial charge in [0.15, 0.2) is 10.9 Å². The molecule has 2 amide bonds. The lowest BCUT2D eigenvalue weighted by Gasteiger charge is -2.08. The molecule has 0 saturated carbocycles. The fourth-order valence-corrected chi connectivity index (χ4v) is 3.67. The number of amides is 2. The van der Waals surface area contributed by atoms with Crippen molar-refractivity contribution in [1.29, 1.82) is 0 Å². The quantitative estimate of drug-likeness (QED) is 0.399. The minimum Gasteiger partial charge on any atom is -0.487 e. The van der Waals surface area contributed by atoms with Crippen molar-refractivity contribution in [2.24, 2.45) is 0 Å². The number of nitrogens with one attached hydrogen (secondary N) is 2. The van der Waals surface area contributed by atoms with Crippen LogP contribution in [0.4, 0.5) is 16.5 Å². The molecule has 30 heavy (non-hydrogen) atoms. The molecule has 0 aliphatic rings. The molecule has 3 aromatic rings. The van der Waals surface area contributed by atoms with Crippen molar-refractivity contribution in [3.63, 3.8) is 0 Å². The number of carbonyl (C=O) groups is 2. The molecule has 0 unspecified atom stereocenters. The van der Waals surface area contributed by atoms with E-state index < -0.39 is 10.8 Å². The van der Waals surface area contributed by atoms with E-state index in [1.54, 1.807) is 25.1 Å². The predicted molar refractivity (Wildman–Crippen MR) is 115 cm³/mol. The number of carbonyl (C=O) groups excluding carboxylic acids is 2. The average molecular weight is 428 g/mol. The van der Waals surface area contributed by atoms with E-state index in [9.17, 15) is 19.7 Å². The number of hydrogen-bond acceptors (Lipinski definition) is 7. The normalized spacial score (nSPS) is 10.6. The maximum Gasteiger partial charge on any atom is 0.311 e. The minimum absolute atomic E-state index is 0.0952. The summed E-state index contributed by atoms with van der Waals surface area (Å²) in [7, 11) is 0. The third-order valence-electron chi connectivity index (χ3n) is 4.09. The van der Waals surface area contributed by atoms with E-state index >= 15 is 0 Å². The second-order valence-electron chi connectivity index (χ2n) is 6.33. The Morgan fingerprint density at radius 2 is 1.97 bits per heavy atom. The maximum atomic E-state index is 12.6. The van der Waals surface area contributed by atoms with Crippen molar-refractivity contribution in [3.8, 4) is 5.75 Å². The second-order valence-corrected chi connectivity index (χ2v) is 7.36. The molecule has 0 spiro atoms. The predicted octanol–water partition coefficient (Wildman–Crippen LogP) is 4.59. The summed E-state index contributed by atoms with van der Waals surface area (Å²) >= 11 is 1.30. The Balaban J connectivity index is 1.78. The number of nitro benzene ring substituents is 1. The topological polar surface area (TPSA) is 123 Å². The van der Waals surface area contributed by atoms with E-state index in [0.717, 1.165) is 11.1 Å². The van der Waals surface area contributed by atoms with Gasteiger partial charge in [0.2, 0.25) is 5.91 Å². The number of nitro groups is 1. The van der Waals surface area contributed by atoms with Crippen LogP contribution in [0.2, 0.25) is 0 Å². The van der Waals surface area contributed by atoms with E-state index in [4.69, 9.17) is 4.74 Å². The molecule has 2 aromatic carbocycles. The first-order valence-corrected chi connectivity index (χ1v) is 10.2. The lowest BCUT2D eigenvalue weighted by Crippen LogP contribution is -2.12. The summed E-state index contributed by atoms with van der Waals surface area (Å²) in [6.45, 7) is 3.93. The van der Waals surface area contributed by atoms with E-state index in [1.165, 1.54) is 29.5 Å². The number of benzene rings is 2.